The van der Waals surface area contributed by atoms with E-state index in [4.69, 9.17) is 14.2 Å². The molecular weight excluding hydrogens is 704 g/mol. The molecule has 7 nitrogen and oxygen atoms in total. The molecule has 0 amide bonds. The molecule has 2 fully saturated rings. The van der Waals surface area contributed by atoms with Crippen LogP contribution in [0.25, 0.3) is 21.5 Å². The molecule has 262 valence electrons. The van der Waals surface area contributed by atoms with Crippen LogP contribution in [0.5, 0.6) is 17.2 Å². The van der Waals surface area contributed by atoms with Gasteiger partial charge in [-0.15, -0.1) is 0 Å². The van der Waals surface area contributed by atoms with E-state index in [-0.39, 0.29) is 12.1 Å². The molecule has 8 heteroatoms. The van der Waals surface area contributed by atoms with E-state index in [0.29, 0.717) is 24.7 Å². The van der Waals surface area contributed by atoms with Crippen molar-refractivity contribution in [3.63, 3.8) is 0 Å². The fraction of sp³-hybridized carbons (Fsp3) is 0.256. The number of phenolic OH excluding ortho intramolecular Hbond substituents is 2. The van der Waals surface area contributed by atoms with Crippen molar-refractivity contribution in [2.75, 3.05) is 59.7 Å². The Kier molecular flexibility index (Phi) is 11.2. The van der Waals surface area contributed by atoms with Gasteiger partial charge in [0.15, 0.2) is 0 Å². The Labute approximate surface area is 307 Å². The average Bonchev–Trinajstić information content (AvgIpc) is 3.18. The molecule has 2 N–H and O–H groups in total. The van der Waals surface area contributed by atoms with E-state index in [1.165, 1.54) is 5.56 Å². The number of methoxy groups -OCH3 is 1. The maximum Gasteiger partial charge on any atom is 0.123 e. The Balaban J connectivity index is 0.000000160. The summed E-state index contributed by atoms with van der Waals surface area (Å²) < 4.78 is 17.8. The number of nitrogens with zero attached hydrogens (tertiary/aromatic N) is 2. The van der Waals surface area contributed by atoms with Crippen LogP contribution in [0.3, 0.4) is 0 Å². The zero-order chi connectivity index (χ0) is 35.2. The Hall–Kier alpha value is -4.44. The summed E-state index contributed by atoms with van der Waals surface area (Å²) in [6, 6.07) is 40.4. The summed E-state index contributed by atoms with van der Waals surface area (Å²) in [5.74, 6) is 1.48. The first-order chi connectivity index (χ1) is 25.0. The largest absolute Gasteiger partial charge is 0.508 e. The molecule has 0 saturated carbocycles. The Morgan fingerprint density at radius 3 is 1.82 bits per heavy atom. The molecule has 51 heavy (non-hydrogen) atoms. The number of para-hydroxylation sites is 1. The molecule has 0 aliphatic carbocycles. The minimum absolute atomic E-state index is 0.0289. The molecule has 0 bridgehead atoms. The van der Waals surface area contributed by atoms with E-state index in [0.717, 1.165) is 87.9 Å². The fourth-order valence-electron chi connectivity index (χ4n) is 7.47. The summed E-state index contributed by atoms with van der Waals surface area (Å²) in [7, 11) is 1.69. The van der Waals surface area contributed by atoms with Crippen molar-refractivity contribution >= 4 is 37.5 Å². The van der Waals surface area contributed by atoms with Crippen molar-refractivity contribution in [2.24, 2.45) is 0 Å². The van der Waals surface area contributed by atoms with Crippen LogP contribution in [0.4, 0.5) is 0 Å². The summed E-state index contributed by atoms with van der Waals surface area (Å²) in [5.41, 5.74) is 4.14. The smallest absolute Gasteiger partial charge is 0.123 e. The molecule has 8 rings (SSSR count). The molecule has 6 aromatic rings. The minimum Gasteiger partial charge on any atom is -0.508 e. The first-order valence-electron chi connectivity index (χ1n) is 17.5. The summed E-state index contributed by atoms with van der Waals surface area (Å²) >= 11 is 3.55. The standard InChI is InChI=1S/C22H22BrNO3.C21H21NO2/c1-26-20-5-3-2-4-18(20)22(24-10-12-27-13-11-24)21-17-8-7-16(23)14-15(17)6-9-19(21)25;23-19-11-10-16-6-4-5-9-18(16)20(19)21(17-7-2-1-3-8-17)22-12-14-24-15-13-22/h2-9,14,22,25H,10-13H2,1H3;1-11,21,23H,12-15H2. The maximum atomic E-state index is 10.9. The van der Waals surface area contributed by atoms with E-state index < -0.39 is 0 Å². The fourth-order valence-corrected chi connectivity index (χ4v) is 7.84. The molecule has 0 radical (unpaired) electrons. The number of morpholine rings is 2. The molecule has 2 heterocycles. The quantitative estimate of drug-likeness (QED) is 0.169. The van der Waals surface area contributed by atoms with Gasteiger partial charge in [0.1, 0.15) is 17.2 Å². The van der Waals surface area contributed by atoms with Crippen molar-refractivity contribution in [3.05, 3.63) is 148 Å². The van der Waals surface area contributed by atoms with Crippen LogP contribution in [0.1, 0.15) is 34.3 Å². The lowest BCUT2D eigenvalue weighted by atomic mass is 9.90. The summed E-state index contributed by atoms with van der Waals surface area (Å²) in [5, 5.41) is 26.0. The highest BCUT2D eigenvalue weighted by Gasteiger charge is 2.31. The highest BCUT2D eigenvalue weighted by molar-refractivity contribution is 9.10. The van der Waals surface area contributed by atoms with Gasteiger partial charge in [-0.2, -0.15) is 0 Å². The SMILES string of the molecule is COc1ccccc1C(c1c(O)ccc2cc(Br)ccc12)N1CCOCC1.Oc1ccc2ccccc2c1C(c1ccccc1)N1CCOCC1. The number of benzene rings is 6. The molecule has 0 aromatic heterocycles. The molecule has 2 saturated heterocycles. The summed E-state index contributed by atoms with van der Waals surface area (Å²) in [4.78, 5) is 4.76. The van der Waals surface area contributed by atoms with Gasteiger partial charge in [0, 0.05) is 47.3 Å². The Morgan fingerprint density at radius 1 is 0.588 bits per heavy atom. The van der Waals surface area contributed by atoms with E-state index in [2.05, 4.69) is 80.3 Å². The molecule has 2 unspecified atom stereocenters. The van der Waals surface area contributed by atoms with Crippen LogP contribution >= 0.6 is 15.9 Å². The highest BCUT2D eigenvalue weighted by atomic mass is 79.9. The number of phenols is 2. The third kappa shape index (κ3) is 7.61. The number of fused-ring (bicyclic) bond motifs is 2. The number of ether oxygens (including phenoxy) is 3. The molecule has 2 aliphatic heterocycles. The van der Waals surface area contributed by atoms with Gasteiger partial charge in [-0.25, -0.2) is 0 Å². The van der Waals surface area contributed by atoms with Crippen molar-refractivity contribution in [1.82, 2.24) is 9.80 Å². The van der Waals surface area contributed by atoms with Gasteiger partial charge in [0.25, 0.3) is 0 Å². The van der Waals surface area contributed by atoms with Crippen molar-refractivity contribution < 1.29 is 24.4 Å². The van der Waals surface area contributed by atoms with E-state index >= 15 is 0 Å². The first kappa shape index (κ1) is 35.0. The molecule has 2 aliphatic rings. The zero-order valence-corrected chi connectivity index (χ0v) is 30.3. The molecular formula is C43H43BrN2O5. The van der Waals surface area contributed by atoms with Gasteiger partial charge < -0.3 is 24.4 Å². The molecule has 0 spiro atoms. The maximum absolute atomic E-state index is 10.9. The van der Waals surface area contributed by atoms with Gasteiger partial charge in [-0.1, -0.05) is 107 Å². The topological polar surface area (TPSA) is 74.6 Å². The predicted molar refractivity (Wildman–Crippen MR) is 207 cm³/mol. The van der Waals surface area contributed by atoms with Gasteiger partial charge in [0.2, 0.25) is 0 Å². The van der Waals surface area contributed by atoms with Crippen LogP contribution < -0.4 is 4.74 Å². The zero-order valence-electron chi connectivity index (χ0n) is 28.8. The second kappa shape index (κ2) is 16.3. The average molecular weight is 748 g/mol. The number of rotatable bonds is 7. The number of hydrogen-bond donors (Lipinski definition) is 2. The third-order valence-electron chi connectivity index (χ3n) is 9.87. The second-order valence-electron chi connectivity index (χ2n) is 12.8. The minimum atomic E-state index is -0.116. The van der Waals surface area contributed by atoms with E-state index in [1.807, 2.05) is 60.7 Å². The first-order valence-corrected chi connectivity index (χ1v) is 18.3. The molecule has 6 aromatic carbocycles. The van der Waals surface area contributed by atoms with Crippen molar-refractivity contribution in [2.45, 2.75) is 12.1 Å². The predicted octanol–water partition coefficient (Wildman–Crippen LogP) is 8.71. The Morgan fingerprint density at radius 2 is 1.14 bits per heavy atom. The number of hydrogen-bond acceptors (Lipinski definition) is 7. The van der Waals surface area contributed by atoms with Crippen LogP contribution in [-0.4, -0.2) is 79.7 Å². The monoisotopic (exact) mass is 746 g/mol. The highest BCUT2D eigenvalue weighted by Crippen LogP contribution is 2.43. The van der Waals surface area contributed by atoms with Crippen LogP contribution in [-0.2, 0) is 9.47 Å². The van der Waals surface area contributed by atoms with Crippen molar-refractivity contribution in [1.29, 1.82) is 0 Å². The molecule has 2 atom stereocenters. The van der Waals surface area contributed by atoms with Crippen molar-refractivity contribution in [3.8, 4) is 17.2 Å². The van der Waals surface area contributed by atoms with E-state index in [1.54, 1.807) is 13.2 Å². The second-order valence-corrected chi connectivity index (χ2v) is 13.8. The summed E-state index contributed by atoms with van der Waals surface area (Å²) in [6.07, 6.45) is 0. The lowest BCUT2D eigenvalue weighted by Crippen LogP contribution is -2.39. The summed E-state index contributed by atoms with van der Waals surface area (Å²) in [6.45, 7) is 6.16. The third-order valence-corrected chi connectivity index (χ3v) is 10.4. The van der Waals surface area contributed by atoms with Crippen LogP contribution in [0.15, 0.2) is 126 Å². The Bertz CT molecular complexity index is 2080. The number of halogens is 1. The lowest BCUT2D eigenvalue weighted by molar-refractivity contribution is 0.0234. The van der Waals surface area contributed by atoms with E-state index in [9.17, 15) is 10.2 Å². The van der Waals surface area contributed by atoms with Crippen LogP contribution in [0, 0.1) is 0 Å². The van der Waals surface area contributed by atoms with Crippen LogP contribution in [0.2, 0.25) is 0 Å². The van der Waals surface area contributed by atoms with Gasteiger partial charge >= 0.3 is 0 Å². The van der Waals surface area contributed by atoms with Gasteiger partial charge in [-0.05, 0) is 57.4 Å². The number of aromatic hydroxyl groups is 2. The normalized spacial score (nSPS) is 16.7. The van der Waals surface area contributed by atoms with Gasteiger partial charge in [0.05, 0.1) is 45.6 Å². The lowest BCUT2D eigenvalue weighted by Gasteiger charge is -2.36. The van der Waals surface area contributed by atoms with Gasteiger partial charge in [-0.3, -0.25) is 9.80 Å².